The third kappa shape index (κ3) is 3.26. The van der Waals surface area contributed by atoms with E-state index < -0.39 is 12.0 Å². The van der Waals surface area contributed by atoms with Crippen LogP contribution in [-0.2, 0) is 11.2 Å². The van der Waals surface area contributed by atoms with E-state index in [1.165, 1.54) is 0 Å². The summed E-state index contributed by atoms with van der Waals surface area (Å²) in [6.45, 7) is 1.02. The second-order valence-corrected chi connectivity index (χ2v) is 5.02. The molecule has 0 spiro atoms. The SMILES string of the molecule is O=C(O)C1Cc2ccccc2N1CCCCCCO. The normalized spacial score (nSPS) is 17.5. The maximum atomic E-state index is 11.3. The number of carboxylic acids is 1. The molecule has 1 aromatic carbocycles. The van der Waals surface area contributed by atoms with Gasteiger partial charge in [0.25, 0.3) is 0 Å². The first-order valence-electron chi connectivity index (χ1n) is 6.92. The number of carboxylic acid groups (broad SMARTS) is 1. The van der Waals surface area contributed by atoms with Gasteiger partial charge < -0.3 is 15.1 Å². The van der Waals surface area contributed by atoms with Crippen LogP contribution < -0.4 is 4.90 Å². The molecule has 4 nitrogen and oxygen atoms in total. The predicted octanol–water partition coefficient (Wildman–Crippen LogP) is 2.06. The van der Waals surface area contributed by atoms with E-state index in [0.29, 0.717) is 6.42 Å². The van der Waals surface area contributed by atoms with E-state index in [1.807, 2.05) is 29.2 Å². The van der Waals surface area contributed by atoms with E-state index in [9.17, 15) is 9.90 Å². The number of para-hydroxylation sites is 1. The Morgan fingerprint density at radius 1 is 1.21 bits per heavy atom. The van der Waals surface area contributed by atoms with Crippen molar-refractivity contribution in [2.24, 2.45) is 0 Å². The molecular formula is C15H21NO3. The molecule has 1 aromatic rings. The van der Waals surface area contributed by atoms with Gasteiger partial charge in [0.1, 0.15) is 6.04 Å². The fourth-order valence-electron chi connectivity index (χ4n) is 2.69. The average molecular weight is 263 g/mol. The fourth-order valence-corrected chi connectivity index (χ4v) is 2.69. The summed E-state index contributed by atoms with van der Waals surface area (Å²) < 4.78 is 0. The van der Waals surface area contributed by atoms with Gasteiger partial charge in [0, 0.05) is 25.3 Å². The van der Waals surface area contributed by atoms with E-state index in [2.05, 4.69) is 0 Å². The van der Waals surface area contributed by atoms with Crippen LogP contribution in [0.3, 0.4) is 0 Å². The summed E-state index contributed by atoms with van der Waals surface area (Å²) in [4.78, 5) is 13.4. The lowest BCUT2D eigenvalue weighted by Gasteiger charge is -2.24. The van der Waals surface area contributed by atoms with Crippen LogP contribution in [0, 0.1) is 0 Å². The molecule has 2 rings (SSSR count). The molecule has 1 atom stereocenters. The van der Waals surface area contributed by atoms with Crippen LogP contribution in [0.25, 0.3) is 0 Å². The Morgan fingerprint density at radius 3 is 2.68 bits per heavy atom. The van der Waals surface area contributed by atoms with Crippen LogP contribution in [-0.4, -0.2) is 35.4 Å². The highest BCUT2D eigenvalue weighted by atomic mass is 16.4. The topological polar surface area (TPSA) is 60.8 Å². The van der Waals surface area contributed by atoms with E-state index in [-0.39, 0.29) is 6.61 Å². The first-order valence-corrected chi connectivity index (χ1v) is 6.92. The molecule has 0 bridgehead atoms. The summed E-state index contributed by atoms with van der Waals surface area (Å²) in [7, 11) is 0. The average Bonchev–Trinajstić information content (AvgIpc) is 2.78. The van der Waals surface area contributed by atoms with Crippen LogP contribution in [0.15, 0.2) is 24.3 Å². The number of hydrogen-bond acceptors (Lipinski definition) is 3. The van der Waals surface area contributed by atoms with Crippen molar-refractivity contribution in [2.75, 3.05) is 18.1 Å². The number of anilines is 1. The molecule has 104 valence electrons. The van der Waals surface area contributed by atoms with Crippen LogP contribution in [0.5, 0.6) is 0 Å². The number of aliphatic carboxylic acids is 1. The standard InChI is InChI=1S/C15H21NO3/c17-10-6-2-1-5-9-16-13-8-4-3-7-12(13)11-14(16)15(18)19/h3-4,7-8,14,17H,1-2,5-6,9-11H2,(H,18,19). The van der Waals surface area contributed by atoms with Crippen molar-refractivity contribution >= 4 is 11.7 Å². The summed E-state index contributed by atoms with van der Waals surface area (Å²) in [6, 6.07) is 7.52. The molecule has 4 heteroatoms. The molecule has 0 radical (unpaired) electrons. The maximum absolute atomic E-state index is 11.3. The number of nitrogens with zero attached hydrogens (tertiary/aromatic N) is 1. The van der Waals surface area contributed by atoms with Gasteiger partial charge in [0.05, 0.1) is 0 Å². The molecule has 0 aromatic heterocycles. The second-order valence-electron chi connectivity index (χ2n) is 5.02. The van der Waals surface area contributed by atoms with Crippen LogP contribution >= 0.6 is 0 Å². The van der Waals surface area contributed by atoms with Crippen LogP contribution in [0.1, 0.15) is 31.2 Å². The molecule has 2 N–H and O–H groups in total. The van der Waals surface area contributed by atoms with E-state index in [4.69, 9.17) is 5.11 Å². The molecule has 0 aliphatic carbocycles. The van der Waals surface area contributed by atoms with Crippen molar-refractivity contribution in [2.45, 2.75) is 38.1 Å². The Balaban J connectivity index is 1.97. The fraction of sp³-hybridized carbons (Fsp3) is 0.533. The summed E-state index contributed by atoms with van der Waals surface area (Å²) >= 11 is 0. The zero-order chi connectivity index (χ0) is 13.7. The number of hydrogen-bond donors (Lipinski definition) is 2. The van der Waals surface area contributed by atoms with Crippen molar-refractivity contribution in [3.8, 4) is 0 Å². The van der Waals surface area contributed by atoms with E-state index in [0.717, 1.165) is 43.5 Å². The van der Waals surface area contributed by atoms with Crippen molar-refractivity contribution in [1.82, 2.24) is 0 Å². The molecule has 0 saturated carbocycles. The van der Waals surface area contributed by atoms with E-state index >= 15 is 0 Å². The lowest BCUT2D eigenvalue weighted by Crippen LogP contribution is -2.39. The van der Waals surface area contributed by atoms with Gasteiger partial charge in [-0.2, -0.15) is 0 Å². The molecule has 1 heterocycles. The number of unbranched alkanes of at least 4 members (excludes halogenated alkanes) is 3. The maximum Gasteiger partial charge on any atom is 0.326 e. The Kier molecular flexibility index (Phi) is 4.80. The Hall–Kier alpha value is -1.55. The predicted molar refractivity (Wildman–Crippen MR) is 74.5 cm³/mol. The van der Waals surface area contributed by atoms with Crippen molar-refractivity contribution in [3.05, 3.63) is 29.8 Å². The van der Waals surface area contributed by atoms with E-state index in [1.54, 1.807) is 0 Å². The second kappa shape index (κ2) is 6.57. The number of rotatable bonds is 7. The lowest BCUT2D eigenvalue weighted by atomic mass is 10.1. The van der Waals surface area contributed by atoms with Gasteiger partial charge in [-0.15, -0.1) is 0 Å². The van der Waals surface area contributed by atoms with Crippen LogP contribution in [0.4, 0.5) is 5.69 Å². The molecule has 19 heavy (non-hydrogen) atoms. The number of aliphatic hydroxyl groups excluding tert-OH is 1. The van der Waals surface area contributed by atoms with Gasteiger partial charge in [0.15, 0.2) is 0 Å². The molecular weight excluding hydrogens is 242 g/mol. The monoisotopic (exact) mass is 263 g/mol. The minimum atomic E-state index is -0.744. The number of benzene rings is 1. The number of aliphatic hydroxyl groups is 1. The minimum Gasteiger partial charge on any atom is -0.480 e. The summed E-state index contributed by atoms with van der Waals surface area (Å²) in [5, 5.41) is 18.1. The third-order valence-electron chi connectivity index (χ3n) is 3.68. The summed E-state index contributed by atoms with van der Waals surface area (Å²) in [5.74, 6) is -0.744. The van der Waals surface area contributed by atoms with Crippen molar-refractivity contribution in [1.29, 1.82) is 0 Å². The largest absolute Gasteiger partial charge is 0.480 e. The number of carbonyl (C=O) groups is 1. The minimum absolute atomic E-state index is 0.240. The molecule has 1 aliphatic rings. The Labute approximate surface area is 113 Å². The zero-order valence-corrected chi connectivity index (χ0v) is 11.1. The van der Waals surface area contributed by atoms with Crippen LogP contribution in [0.2, 0.25) is 0 Å². The highest BCUT2D eigenvalue weighted by molar-refractivity contribution is 5.82. The highest BCUT2D eigenvalue weighted by Crippen LogP contribution is 2.32. The van der Waals surface area contributed by atoms with Gasteiger partial charge in [-0.05, 0) is 24.5 Å². The molecule has 0 fully saturated rings. The highest BCUT2D eigenvalue weighted by Gasteiger charge is 2.33. The third-order valence-corrected chi connectivity index (χ3v) is 3.68. The zero-order valence-electron chi connectivity index (χ0n) is 11.1. The van der Waals surface area contributed by atoms with Gasteiger partial charge in [-0.3, -0.25) is 0 Å². The van der Waals surface area contributed by atoms with Gasteiger partial charge in [-0.25, -0.2) is 4.79 Å². The molecule has 1 aliphatic heterocycles. The molecule has 0 amide bonds. The first kappa shape index (κ1) is 13.9. The lowest BCUT2D eigenvalue weighted by molar-refractivity contribution is -0.138. The Bertz CT molecular complexity index is 433. The van der Waals surface area contributed by atoms with Gasteiger partial charge >= 0.3 is 5.97 Å². The Morgan fingerprint density at radius 2 is 1.95 bits per heavy atom. The quantitative estimate of drug-likeness (QED) is 0.739. The van der Waals surface area contributed by atoms with Crippen molar-refractivity contribution in [3.63, 3.8) is 0 Å². The number of fused-ring (bicyclic) bond motifs is 1. The molecule has 0 saturated heterocycles. The molecule has 1 unspecified atom stereocenters. The van der Waals surface area contributed by atoms with Gasteiger partial charge in [-0.1, -0.05) is 31.0 Å². The smallest absolute Gasteiger partial charge is 0.326 e. The summed E-state index contributed by atoms with van der Waals surface area (Å²) in [5.41, 5.74) is 2.20. The van der Waals surface area contributed by atoms with Crippen molar-refractivity contribution < 1.29 is 15.0 Å². The first-order chi connectivity index (χ1) is 9.24. The summed E-state index contributed by atoms with van der Waals surface area (Å²) in [6.07, 6.45) is 4.44. The van der Waals surface area contributed by atoms with Gasteiger partial charge in [0.2, 0.25) is 0 Å².